The minimum absolute atomic E-state index is 0.287. The largest absolute Gasteiger partial charge is 0.477 e. The number of rotatable bonds is 2. The van der Waals surface area contributed by atoms with Crippen LogP contribution in [0.1, 0.15) is 19.3 Å². The molecule has 0 saturated carbocycles. The van der Waals surface area contributed by atoms with E-state index in [-0.39, 0.29) is 17.3 Å². The van der Waals surface area contributed by atoms with Crippen molar-refractivity contribution in [3.8, 4) is 5.75 Å². The summed E-state index contributed by atoms with van der Waals surface area (Å²) >= 11 is 0. The van der Waals surface area contributed by atoms with Crippen LogP contribution < -0.4 is 15.8 Å². The molecule has 1 aliphatic heterocycles. The number of carbonyl (C=O) groups is 1. The van der Waals surface area contributed by atoms with Crippen LogP contribution in [0.5, 0.6) is 5.75 Å². The zero-order chi connectivity index (χ0) is 13.1. The molecule has 18 heavy (non-hydrogen) atoms. The highest BCUT2D eigenvalue weighted by Crippen LogP contribution is 2.25. The average Bonchev–Trinajstić information content (AvgIpc) is 2.52. The van der Waals surface area contributed by atoms with Gasteiger partial charge in [0.25, 0.3) is 5.91 Å². The maximum atomic E-state index is 13.5. The van der Waals surface area contributed by atoms with Crippen molar-refractivity contribution < 1.29 is 18.3 Å². The Kier molecular flexibility index (Phi) is 3.64. The molecule has 0 bridgehead atoms. The van der Waals surface area contributed by atoms with Gasteiger partial charge >= 0.3 is 0 Å². The summed E-state index contributed by atoms with van der Waals surface area (Å²) in [5, 5.41) is 2.66. The number of carbonyl (C=O) groups excluding carboxylic acids is 1. The topological polar surface area (TPSA) is 64.3 Å². The van der Waals surface area contributed by atoms with Crippen LogP contribution in [-0.4, -0.2) is 18.6 Å². The van der Waals surface area contributed by atoms with Gasteiger partial charge in [-0.3, -0.25) is 4.79 Å². The summed E-state index contributed by atoms with van der Waals surface area (Å²) in [5.74, 6) is -2.13. The van der Waals surface area contributed by atoms with E-state index in [2.05, 4.69) is 5.32 Å². The van der Waals surface area contributed by atoms with Crippen LogP contribution in [0, 0.1) is 11.6 Å². The van der Waals surface area contributed by atoms with Crippen LogP contribution in [-0.2, 0) is 4.79 Å². The Morgan fingerprint density at radius 3 is 2.83 bits per heavy atom. The van der Waals surface area contributed by atoms with Gasteiger partial charge in [0, 0.05) is 18.7 Å². The molecular weight excluding hydrogens is 242 g/mol. The van der Waals surface area contributed by atoms with Crippen molar-refractivity contribution in [3.05, 3.63) is 23.8 Å². The number of anilines is 1. The second-order valence-corrected chi connectivity index (χ2v) is 4.20. The van der Waals surface area contributed by atoms with E-state index in [0.717, 1.165) is 25.0 Å². The lowest BCUT2D eigenvalue weighted by Gasteiger charge is -2.16. The first-order valence-electron chi connectivity index (χ1n) is 5.77. The second-order valence-electron chi connectivity index (χ2n) is 4.20. The maximum absolute atomic E-state index is 13.5. The summed E-state index contributed by atoms with van der Waals surface area (Å²) in [6, 6.07) is 1.71. The molecule has 98 valence electrons. The van der Waals surface area contributed by atoms with Crippen molar-refractivity contribution in [1.29, 1.82) is 0 Å². The second kappa shape index (κ2) is 5.20. The van der Waals surface area contributed by atoms with Gasteiger partial charge in [0.05, 0.1) is 5.69 Å². The number of nitrogens with one attached hydrogen (secondary N) is 1. The van der Waals surface area contributed by atoms with E-state index in [4.69, 9.17) is 10.5 Å². The summed E-state index contributed by atoms with van der Waals surface area (Å²) in [6.07, 6.45) is 1.34. The lowest BCUT2D eigenvalue weighted by atomic mass is 10.2. The molecule has 0 aliphatic carbocycles. The van der Waals surface area contributed by atoms with E-state index in [1.807, 2.05) is 0 Å². The number of hydrogen-bond donors (Lipinski definition) is 2. The molecule has 1 fully saturated rings. The molecule has 3 N–H and O–H groups in total. The fourth-order valence-electron chi connectivity index (χ4n) is 1.81. The molecule has 1 saturated heterocycles. The minimum Gasteiger partial charge on any atom is -0.477 e. The molecule has 6 heteroatoms. The predicted molar refractivity (Wildman–Crippen MR) is 62.0 cm³/mol. The number of ether oxygens (including phenoxy) is 1. The van der Waals surface area contributed by atoms with Crippen molar-refractivity contribution in [3.63, 3.8) is 0 Å². The van der Waals surface area contributed by atoms with Crippen LogP contribution in [0.25, 0.3) is 0 Å². The maximum Gasteiger partial charge on any atom is 0.261 e. The fraction of sp³-hybridized carbons (Fsp3) is 0.417. The third kappa shape index (κ3) is 2.69. The summed E-state index contributed by atoms with van der Waals surface area (Å²) in [5.41, 5.74) is 4.94. The van der Waals surface area contributed by atoms with Crippen LogP contribution >= 0.6 is 0 Å². The Morgan fingerprint density at radius 1 is 1.28 bits per heavy atom. The number of nitrogens with two attached hydrogens (primary N) is 1. The van der Waals surface area contributed by atoms with E-state index < -0.39 is 17.7 Å². The Bertz CT molecular complexity index is 466. The van der Waals surface area contributed by atoms with Gasteiger partial charge in [-0.15, -0.1) is 0 Å². The molecular formula is C12H14F2N2O2. The quantitative estimate of drug-likeness (QED) is 0.790. The van der Waals surface area contributed by atoms with Gasteiger partial charge < -0.3 is 15.8 Å². The van der Waals surface area contributed by atoms with Crippen molar-refractivity contribution in [1.82, 2.24) is 5.32 Å². The Morgan fingerprint density at radius 2 is 2.06 bits per heavy atom. The molecule has 0 aromatic heterocycles. The SMILES string of the molecule is Nc1cc(F)c(OC2CCCCNC2=O)cc1F. The van der Waals surface area contributed by atoms with E-state index in [0.29, 0.717) is 13.0 Å². The van der Waals surface area contributed by atoms with Crippen molar-refractivity contribution in [2.24, 2.45) is 0 Å². The fourth-order valence-corrected chi connectivity index (χ4v) is 1.81. The highest BCUT2D eigenvalue weighted by Gasteiger charge is 2.24. The van der Waals surface area contributed by atoms with Gasteiger partial charge in [-0.2, -0.15) is 0 Å². The zero-order valence-electron chi connectivity index (χ0n) is 9.71. The zero-order valence-corrected chi connectivity index (χ0v) is 9.71. The van der Waals surface area contributed by atoms with E-state index in [9.17, 15) is 13.6 Å². The summed E-state index contributed by atoms with van der Waals surface area (Å²) < 4.78 is 32.0. The van der Waals surface area contributed by atoms with Gasteiger partial charge in [0.2, 0.25) is 0 Å². The van der Waals surface area contributed by atoms with Crippen molar-refractivity contribution in [2.45, 2.75) is 25.4 Å². The Labute approximate surface area is 103 Å². The van der Waals surface area contributed by atoms with E-state index in [1.165, 1.54) is 0 Å². The smallest absolute Gasteiger partial charge is 0.261 e. The molecule has 1 aliphatic rings. The molecule has 1 atom stereocenters. The third-order valence-corrected chi connectivity index (χ3v) is 2.81. The van der Waals surface area contributed by atoms with E-state index >= 15 is 0 Å². The van der Waals surface area contributed by atoms with Gasteiger partial charge in [-0.1, -0.05) is 0 Å². The van der Waals surface area contributed by atoms with Gasteiger partial charge in [0.1, 0.15) is 5.82 Å². The predicted octanol–water partition coefficient (Wildman–Crippen LogP) is 1.59. The number of nitrogen functional groups attached to an aromatic ring is 1. The number of benzene rings is 1. The van der Waals surface area contributed by atoms with Gasteiger partial charge in [0.15, 0.2) is 17.7 Å². The first-order valence-corrected chi connectivity index (χ1v) is 5.77. The lowest BCUT2D eigenvalue weighted by molar-refractivity contribution is -0.127. The molecule has 0 spiro atoms. The van der Waals surface area contributed by atoms with Crippen molar-refractivity contribution in [2.75, 3.05) is 12.3 Å². The molecule has 0 radical (unpaired) electrons. The third-order valence-electron chi connectivity index (χ3n) is 2.81. The summed E-state index contributed by atoms with van der Waals surface area (Å²) in [6.45, 7) is 0.581. The monoisotopic (exact) mass is 256 g/mol. The van der Waals surface area contributed by atoms with Crippen LogP contribution in [0.2, 0.25) is 0 Å². The highest BCUT2D eigenvalue weighted by molar-refractivity contribution is 5.81. The first kappa shape index (κ1) is 12.6. The molecule has 2 rings (SSSR count). The van der Waals surface area contributed by atoms with E-state index in [1.54, 1.807) is 0 Å². The first-order chi connectivity index (χ1) is 8.58. The lowest BCUT2D eigenvalue weighted by Crippen LogP contribution is -2.36. The summed E-state index contributed by atoms with van der Waals surface area (Å²) in [4.78, 5) is 11.6. The normalized spacial score (nSPS) is 20.1. The number of halogens is 2. The Balaban J connectivity index is 2.17. The summed E-state index contributed by atoms with van der Waals surface area (Å²) in [7, 11) is 0. The van der Waals surface area contributed by atoms with Crippen LogP contribution in [0.3, 0.4) is 0 Å². The van der Waals surface area contributed by atoms with Crippen molar-refractivity contribution >= 4 is 11.6 Å². The molecule has 1 aromatic rings. The molecule has 4 nitrogen and oxygen atoms in total. The molecule has 1 unspecified atom stereocenters. The number of hydrogen-bond acceptors (Lipinski definition) is 3. The molecule has 1 aromatic carbocycles. The van der Waals surface area contributed by atoms with Crippen LogP contribution in [0.4, 0.5) is 14.5 Å². The Hall–Kier alpha value is -1.85. The molecule has 1 heterocycles. The standard InChI is InChI=1S/C12H14F2N2O2/c13-7-6-11(8(14)5-9(7)15)18-10-3-1-2-4-16-12(10)17/h5-6,10H,1-4,15H2,(H,16,17). The van der Waals surface area contributed by atoms with Gasteiger partial charge in [-0.05, 0) is 19.3 Å². The highest BCUT2D eigenvalue weighted by atomic mass is 19.1. The average molecular weight is 256 g/mol. The number of amides is 1. The minimum atomic E-state index is -0.787. The molecule has 1 amide bonds. The van der Waals surface area contributed by atoms with Gasteiger partial charge in [-0.25, -0.2) is 8.78 Å². The van der Waals surface area contributed by atoms with Crippen LogP contribution in [0.15, 0.2) is 12.1 Å².